The third kappa shape index (κ3) is 3.77. The predicted octanol–water partition coefficient (Wildman–Crippen LogP) is 5.04. The van der Waals surface area contributed by atoms with Crippen LogP contribution in [0.15, 0.2) is 8.83 Å². The van der Waals surface area contributed by atoms with E-state index in [0.717, 1.165) is 22.2 Å². The summed E-state index contributed by atoms with van der Waals surface area (Å²) in [6, 6.07) is 0. The monoisotopic (exact) mass is 380 g/mol. The van der Waals surface area contributed by atoms with E-state index in [0.29, 0.717) is 22.9 Å². The second-order valence-corrected chi connectivity index (χ2v) is 18.1. The van der Waals surface area contributed by atoms with Gasteiger partial charge in [-0.1, -0.05) is 51.1 Å². The van der Waals surface area contributed by atoms with Gasteiger partial charge in [-0.15, -0.1) is 11.1 Å². The van der Waals surface area contributed by atoms with Gasteiger partial charge in [0.1, 0.15) is 27.2 Å². The number of fused-ring (bicyclic) bond motifs is 2. The van der Waals surface area contributed by atoms with Crippen LogP contribution in [-0.4, -0.2) is 26.1 Å². The summed E-state index contributed by atoms with van der Waals surface area (Å²) in [5.74, 6) is 7.81. The SMILES string of the molecule is Cc1nc2c(C#C[Si](C)(C)C)c3oc(C)nc3c(C#C[Si](C)(C)C)c2o1. The van der Waals surface area contributed by atoms with E-state index in [4.69, 9.17) is 8.83 Å². The van der Waals surface area contributed by atoms with Crippen molar-refractivity contribution in [1.82, 2.24) is 9.97 Å². The van der Waals surface area contributed by atoms with Gasteiger partial charge in [-0.05, 0) is 0 Å². The van der Waals surface area contributed by atoms with E-state index in [1.165, 1.54) is 0 Å². The maximum atomic E-state index is 5.92. The smallest absolute Gasteiger partial charge is 0.192 e. The molecule has 0 saturated heterocycles. The summed E-state index contributed by atoms with van der Waals surface area (Å²) < 4.78 is 11.8. The van der Waals surface area contributed by atoms with E-state index < -0.39 is 16.1 Å². The number of hydrogen-bond donors (Lipinski definition) is 0. The third-order valence-corrected chi connectivity index (χ3v) is 5.27. The van der Waals surface area contributed by atoms with Gasteiger partial charge >= 0.3 is 0 Å². The van der Waals surface area contributed by atoms with E-state index >= 15 is 0 Å². The number of benzene rings is 1. The molecule has 0 bridgehead atoms. The van der Waals surface area contributed by atoms with Crippen LogP contribution in [0.5, 0.6) is 0 Å². The quantitative estimate of drug-likeness (QED) is 0.405. The minimum atomic E-state index is -1.56. The van der Waals surface area contributed by atoms with Gasteiger partial charge in [0.2, 0.25) is 0 Å². The second kappa shape index (κ2) is 6.15. The number of aryl methyl sites for hydroxylation is 2. The lowest BCUT2D eigenvalue weighted by Gasteiger charge is -2.05. The Morgan fingerprint density at radius 1 is 0.654 bits per heavy atom. The fourth-order valence-corrected chi connectivity index (χ4v) is 3.48. The zero-order valence-corrected chi connectivity index (χ0v) is 18.7. The molecule has 1 aromatic carbocycles. The van der Waals surface area contributed by atoms with E-state index in [1.807, 2.05) is 13.8 Å². The van der Waals surface area contributed by atoms with Gasteiger partial charge in [-0.2, -0.15) is 0 Å². The standard InChI is InChI=1S/C20H24N2O2Si2/c1-13-21-17-15(9-11-25(3,4)5)20-18(22-14(2)24-20)16(19(17)23-13)10-12-26(6,7)8/h1-8H3. The maximum absolute atomic E-state index is 5.92. The van der Waals surface area contributed by atoms with Crippen LogP contribution in [0.3, 0.4) is 0 Å². The Morgan fingerprint density at radius 3 is 1.31 bits per heavy atom. The van der Waals surface area contributed by atoms with Crippen LogP contribution in [0.4, 0.5) is 0 Å². The minimum Gasteiger partial charge on any atom is -0.440 e. The molecule has 0 amide bonds. The zero-order valence-electron chi connectivity index (χ0n) is 16.7. The summed E-state index contributed by atoms with van der Waals surface area (Å²) in [7, 11) is -3.12. The average Bonchev–Trinajstić information content (AvgIpc) is 3.02. The molecule has 4 nitrogen and oxygen atoms in total. The van der Waals surface area contributed by atoms with E-state index in [9.17, 15) is 0 Å². The van der Waals surface area contributed by atoms with E-state index in [1.54, 1.807) is 0 Å². The van der Waals surface area contributed by atoms with Crippen molar-refractivity contribution < 1.29 is 8.83 Å². The molecule has 3 rings (SSSR count). The van der Waals surface area contributed by atoms with E-state index in [-0.39, 0.29) is 0 Å². The fraction of sp³-hybridized carbons (Fsp3) is 0.400. The van der Waals surface area contributed by atoms with Gasteiger partial charge in [-0.25, -0.2) is 9.97 Å². The minimum absolute atomic E-state index is 0.594. The summed E-state index contributed by atoms with van der Waals surface area (Å²) >= 11 is 0. The molecular formula is C20H24N2O2Si2. The first-order valence-corrected chi connectivity index (χ1v) is 15.7. The summed E-state index contributed by atoms with van der Waals surface area (Å²) in [6.45, 7) is 16.9. The fourth-order valence-electron chi connectivity index (χ4n) is 2.48. The highest BCUT2D eigenvalue weighted by Crippen LogP contribution is 2.33. The van der Waals surface area contributed by atoms with Crippen LogP contribution >= 0.6 is 0 Å². The van der Waals surface area contributed by atoms with Crippen molar-refractivity contribution in [3.63, 3.8) is 0 Å². The molecule has 0 unspecified atom stereocenters. The summed E-state index contributed by atoms with van der Waals surface area (Å²) in [6.07, 6.45) is 0. The number of oxazole rings is 2. The highest BCUT2D eigenvalue weighted by atomic mass is 28.3. The van der Waals surface area contributed by atoms with E-state index in [2.05, 4.69) is 72.2 Å². The summed E-state index contributed by atoms with van der Waals surface area (Å²) in [5, 5.41) is 0. The molecule has 134 valence electrons. The molecule has 0 saturated carbocycles. The second-order valence-electron chi connectivity index (χ2n) is 8.57. The first-order valence-electron chi connectivity index (χ1n) is 8.71. The first-order chi connectivity index (χ1) is 11.9. The third-order valence-electron chi connectivity index (χ3n) is 3.52. The van der Waals surface area contributed by atoms with Gasteiger partial charge in [-0.3, -0.25) is 0 Å². The van der Waals surface area contributed by atoms with Gasteiger partial charge in [0.05, 0.1) is 11.1 Å². The lowest BCUT2D eigenvalue weighted by Crippen LogP contribution is -2.16. The molecule has 0 N–H and O–H groups in total. The lowest BCUT2D eigenvalue weighted by molar-refractivity contribution is 0.559. The number of hydrogen-bond acceptors (Lipinski definition) is 4. The topological polar surface area (TPSA) is 52.1 Å². The lowest BCUT2D eigenvalue weighted by atomic mass is 10.1. The first kappa shape index (κ1) is 18.5. The Bertz CT molecular complexity index is 990. The Balaban J connectivity index is 2.45. The molecule has 3 aromatic rings. The number of nitrogens with zero attached hydrogens (tertiary/aromatic N) is 2. The normalized spacial score (nSPS) is 12.0. The van der Waals surface area contributed by atoms with Crippen LogP contribution in [0.2, 0.25) is 39.3 Å². The molecule has 0 aliphatic heterocycles. The predicted molar refractivity (Wildman–Crippen MR) is 111 cm³/mol. The summed E-state index contributed by atoms with van der Waals surface area (Å²) in [4.78, 5) is 9.16. The molecule has 0 aliphatic rings. The Labute approximate surface area is 156 Å². The molecule has 26 heavy (non-hydrogen) atoms. The largest absolute Gasteiger partial charge is 0.440 e. The molecule has 0 fully saturated rings. The van der Waals surface area contributed by atoms with Crippen LogP contribution in [-0.2, 0) is 0 Å². The van der Waals surface area contributed by atoms with Crippen LogP contribution in [0.25, 0.3) is 22.2 Å². The number of aromatic nitrogens is 2. The van der Waals surface area contributed by atoms with Crippen molar-refractivity contribution in [3.05, 3.63) is 22.9 Å². The van der Waals surface area contributed by atoms with Crippen molar-refractivity contribution in [3.8, 4) is 22.9 Å². The molecule has 2 aromatic heterocycles. The Morgan fingerprint density at radius 2 is 1.00 bits per heavy atom. The van der Waals surface area contributed by atoms with Crippen molar-refractivity contribution in [1.29, 1.82) is 0 Å². The zero-order chi connectivity index (χ0) is 19.3. The number of rotatable bonds is 0. The Kier molecular flexibility index (Phi) is 4.38. The molecule has 0 atom stereocenters. The van der Waals surface area contributed by atoms with Crippen molar-refractivity contribution in [2.45, 2.75) is 53.1 Å². The molecular weight excluding hydrogens is 356 g/mol. The van der Waals surface area contributed by atoms with Crippen LogP contribution in [0, 0.1) is 36.8 Å². The molecule has 0 aliphatic carbocycles. The molecule has 0 radical (unpaired) electrons. The highest BCUT2D eigenvalue weighted by molar-refractivity contribution is 6.84. The average molecular weight is 381 g/mol. The maximum Gasteiger partial charge on any atom is 0.192 e. The van der Waals surface area contributed by atoms with Crippen molar-refractivity contribution in [2.24, 2.45) is 0 Å². The van der Waals surface area contributed by atoms with Gasteiger partial charge in [0.25, 0.3) is 0 Å². The molecule has 0 spiro atoms. The highest BCUT2D eigenvalue weighted by Gasteiger charge is 2.22. The molecule has 2 heterocycles. The van der Waals surface area contributed by atoms with Crippen LogP contribution < -0.4 is 0 Å². The summed E-state index contributed by atoms with van der Waals surface area (Å²) in [5.41, 5.74) is 11.1. The van der Waals surface area contributed by atoms with Crippen LogP contribution in [0.1, 0.15) is 22.9 Å². The Hall–Kier alpha value is -2.29. The van der Waals surface area contributed by atoms with Gasteiger partial charge < -0.3 is 8.83 Å². The van der Waals surface area contributed by atoms with Crippen molar-refractivity contribution in [2.75, 3.05) is 0 Å². The van der Waals surface area contributed by atoms with Gasteiger partial charge in [0.15, 0.2) is 22.9 Å². The van der Waals surface area contributed by atoms with Crippen molar-refractivity contribution >= 4 is 38.3 Å². The molecule has 6 heteroatoms. The van der Waals surface area contributed by atoms with Gasteiger partial charge in [0, 0.05) is 13.8 Å².